The van der Waals surface area contributed by atoms with Crippen molar-refractivity contribution in [1.29, 1.82) is 0 Å². The molecule has 0 bridgehead atoms. The summed E-state index contributed by atoms with van der Waals surface area (Å²) in [5.74, 6) is 0.925. The number of hydrogen-bond acceptors (Lipinski definition) is 3. The molecule has 0 radical (unpaired) electrons. The van der Waals surface area contributed by atoms with Gasteiger partial charge in [0.15, 0.2) is 0 Å². The van der Waals surface area contributed by atoms with Crippen molar-refractivity contribution in [3.63, 3.8) is 0 Å². The molecular weight excluding hydrogens is 262 g/mol. The summed E-state index contributed by atoms with van der Waals surface area (Å²) in [6.45, 7) is 12.3. The lowest BCUT2D eigenvalue weighted by atomic mass is 10.0. The van der Waals surface area contributed by atoms with Crippen molar-refractivity contribution in [2.75, 3.05) is 26.2 Å². The van der Waals surface area contributed by atoms with Gasteiger partial charge in [0.2, 0.25) is 5.91 Å². The maximum atomic E-state index is 12.1. The van der Waals surface area contributed by atoms with Gasteiger partial charge in [-0.15, -0.1) is 0 Å². The van der Waals surface area contributed by atoms with E-state index in [9.17, 15) is 4.79 Å². The van der Waals surface area contributed by atoms with Crippen molar-refractivity contribution in [2.45, 2.75) is 71.9 Å². The molecule has 4 nitrogen and oxygen atoms in total. The molecule has 2 N–H and O–H groups in total. The van der Waals surface area contributed by atoms with Gasteiger partial charge < -0.3 is 10.6 Å². The number of nitrogens with zero attached hydrogens (tertiary/aromatic N) is 1. The Kier molecular flexibility index (Phi) is 8.93. The van der Waals surface area contributed by atoms with Crippen LogP contribution in [0.15, 0.2) is 0 Å². The summed E-state index contributed by atoms with van der Waals surface area (Å²) in [4.78, 5) is 14.4. The lowest BCUT2D eigenvalue weighted by Crippen LogP contribution is -2.45. The van der Waals surface area contributed by atoms with Gasteiger partial charge in [-0.05, 0) is 45.2 Å². The fraction of sp³-hybridized carbons (Fsp3) is 0.941. The zero-order chi connectivity index (χ0) is 15.7. The molecule has 1 fully saturated rings. The molecule has 124 valence electrons. The molecule has 0 aromatic heterocycles. The van der Waals surface area contributed by atoms with Gasteiger partial charge in [-0.25, -0.2) is 0 Å². The van der Waals surface area contributed by atoms with Gasteiger partial charge in [-0.2, -0.15) is 0 Å². The summed E-state index contributed by atoms with van der Waals surface area (Å²) >= 11 is 0. The van der Waals surface area contributed by atoms with E-state index in [0.717, 1.165) is 32.0 Å². The molecule has 1 rings (SSSR count). The van der Waals surface area contributed by atoms with Crippen LogP contribution in [0.1, 0.15) is 59.8 Å². The molecule has 0 saturated carbocycles. The van der Waals surface area contributed by atoms with Gasteiger partial charge in [0.05, 0.1) is 6.54 Å². The number of nitrogens with one attached hydrogen (secondary N) is 2. The Morgan fingerprint density at radius 3 is 2.67 bits per heavy atom. The fourth-order valence-electron chi connectivity index (χ4n) is 2.96. The molecule has 2 atom stereocenters. The molecule has 21 heavy (non-hydrogen) atoms. The zero-order valence-electron chi connectivity index (χ0n) is 14.5. The van der Waals surface area contributed by atoms with Crippen LogP contribution in [-0.4, -0.2) is 49.1 Å². The quantitative estimate of drug-likeness (QED) is 0.651. The molecule has 1 aliphatic rings. The Morgan fingerprint density at radius 1 is 1.33 bits per heavy atom. The van der Waals surface area contributed by atoms with Crippen molar-refractivity contribution >= 4 is 5.91 Å². The third-order valence-corrected chi connectivity index (χ3v) is 4.28. The Morgan fingerprint density at radius 2 is 2.10 bits per heavy atom. The van der Waals surface area contributed by atoms with E-state index < -0.39 is 0 Å². The topological polar surface area (TPSA) is 44.4 Å². The average molecular weight is 297 g/mol. The first-order valence-corrected chi connectivity index (χ1v) is 8.76. The number of likely N-dealkylation sites (N-methyl/N-ethyl adjacent to an activating group) is 1. The highest BCUT2D eigenvalue weighted by molar-refractivity contribution is 5.78. The summed E-state index contributed by atoms with van der Waals surface area (Å²) in [7, 11) is 0. The van der Waals surface area contributed by atoms with Crippen molar-refractivity contribution in [1.82, 2.24) is 15.5 Å². The highest BCUT2D eigenvalue weighted by Gasteiger charge is 2.19. The van der Waals surface area contributed by atoms with E-state index in [1.807, 2.05) is 0 Å². The first-order valence-electron chi connectivity index (χ1n) is 8.76. The fourth-order valence-corrected chi connectivity index (χ4v) is 2.96. The number of hydrogen-bond donors (Lipinski definition) is 2. The monoisotopic (exact) mass is 297 g/mol. The second kappa shape index (κ2) is 10.2. The third kappa shape index (κ3) is 8.42. The van der Waals surface area contributed by atoms with Crippen molar-refractivity contribution < 1.29 is 4.79 Å². The molecule has 4 heteroatoms. The normalized spacial score (nSPS) is 20.2. The molecule has 2 unspecified atom stereocenters. The highest BCUT2D eigenvalue weighted by Crippen LogP contribution is 2.09. The molecular formula is C17H35N3O. The van der Waals surface area contributed by atoms with E-state index in [0.29, 0.717) is 18.6 Å². The molecule has 1 saturated heterocycles. The minimum Gasteiger partial charge on any atom is -0.353 e. The van der Waals surface area contributed by atoms with Gasteiger partial charge in [-0.1, -0.05) is 33.6 Å². The van der Waals surface area contributed by atoms with Crippen molar-refractivity contribution in [3.8, 4) is 0 Å². The Labute approximate surface area is 131 Å². The average Bonchev–Trinajstić information content (AvgIpc) is 2.90. The van der Waals surface area contributed by atoms with Gasteiger partial charge in [0.1, 0.15) is 0 Å². The first kappa shape index (κ1) is 18.4. The van der Waals surface area contributed by atoms with Crippen LogP contribution in [0.5, 0.6) is 0 Å². The highest BCUT2D eigenvalue weighted by atomic mass is 16.2. The molecule has 1 amide bonds. The van der Waals surface area contributed by atoms with E-state index >= 15 is 0 Å². The maximum Gasteiger partial charge on any atom is 0.234 e. The van der Waals surface area contributed by atoms with E-state index in [1.54, 1.807) is 0 Å². The van der Waals surface area contributed by atoms with Gasteiger partial charge in [-0.3, -0.25) is 9.69 Å². The SMILES string of the molecule is CCN(CC(=O)NC(C)CCCC(C)C)CC1CCCN1. The van der Waals surface area contributed by atoms with Crippen LogP contribution in [0.4, 0.5) is 0 Å². The van der Waals surface area contributed by atoms with Crippen LogP contribution in [0.2, 0.25) is 0 Å². The summed E-state index contributed by atoms with van der Waals surface area (Å²) in [5.41, 5.74) is 0. The molecule has 0 aliphatic carbocycles. The molecule has 1 heterocycles. The van der Waals surface area contributed by atoms with Crippen molar-refractivity contribution in [2.24, 2.45) is 5.92 Å². The van der Waals surface area contributed by atoms with Crippen LogP contribution < -0.4 is 10.6 Å². The van der Waals surface area contributed by atoms with Crippen LogP contribution in [0, 0.1) is 5.92 Å². The van der Waals surface area contributed by atoms with Crippen molar-refractivity contribution in [3.05, 3.63) is 0 Å². The van der Waals surface area contributed by atoms with Crippen LogP contribution in [0.25, 0.3) is 0 Å². The lowest BCUT2D eigenvalue weighted by Gasteiger charge is -2.24. The van der Waals surface area contributed by atoms with Crippen LogP contribution in [-0.2, 0) is 4.79 Å². The molecule has 0 aromatic rings. The van der Waals surface area contributed by atoms with Crippen LogP contribution in [0.3, 0.4) is 0 Å². The summed E-state index contributed by atoms with van der Waals surface area (Å²) in [6.07, 6.45) is 6.03. The minimum atomic E-state index is 0.173. The zero-order valence-corrected chi connectivity index (χ0v) is 14.5. The predicted molar refractivity (Wildman–Crippen MR) is 89.4 cm³/mol. The number of carbonyl (C=O) groups excluding carboxylic acids is 1. The Hall–Kier alpha value is -0.610. The maximum absolute atomic E-state index is 12.1. The van der Waals surface area contributed by atoms with Crippen LogP contribution >= 0.6 is 0 Å². The standard InChI is InChI=1S/C17H35N3O/c1-5-20(12-16-10-7-11-18-16)13-17(21)19-15(4)9-6-8-14(2)3/h14-16,18H,5-13H2,1-4H3,(H,19,21). The first-order chi connectivity index (χ1) is 10.0. The van der Waals surface area contributed by atoms with E-state index in [1.165, 1.54) is 25.7 Å². The van der Waals surface area contributed by atoms with E-state index in [2.05, 4.69) is 43.2 Å². The van der Waals surface area contributed by atoms with Gasteiger partial charge >= 0.3 is 0 Å². The van der Waals surface area contributed by atoms with Gasteiger partial charge in [0, 0.05) is 18.6 Å². The summed E-state index contributed by atoms with van der Waals surface area (Å²) in [6, 6.07) is 0.862. The Balaban J connectivity index is 2.20. The summed E-state index contributed by atoms with van der Waals surface area (Å²) < 4.78 is 0. The molecule has 0 aromatic carbocycles. The smallest absolute Gasteiger partial charge is 0.234 e. The lowest BCUT2D eigenvalue weighted by molar-refractivity contribution is -0.122. The predicted octanol–water partition coefficient (Wildman–Crippen LogP) is 2.39. The Bertz CT molecular complexity index is 288. The third-order valence-electron chi connectivity index (χ3n) is 4.28. The van der Waals surface area contributed by atoms with E-state index in [-0.39, 0.29) is 5.91 Å². The summed E-state index contributed by atoms with van der Waals surface area (Å²) in [5, 5.41) is 6.64. The second-order valence-electron chi connectivity index (χ2n) is 6.91. The minimum absolute atomic E-state index is 0.173. The number of rotatable bonds is 10. The van der Waals surface area contributed by atoms with E-state index in [4.69, 9.17) is 0 Å². The number of amides is 1. The largest absolute Gasteiger partial charge is 0.353 e. The second-order valence-corrected chi connectivity index (χ2v) is 6.91. The van der Waals surface area contributed by atoms with Gasteiger partial charge in [0.25, 0.3) is 0 Å². The molecule has 1 aliphatic heterocycles. The number of carbonyl (C=O) groups is 1. The molecule has 0 spiro atoms.